The van der Waals surface area contributed by atoms with Crippen LogP contribution in [0.15, 0.2) is 82.1 Å². The van der Waals surface area contributed by atoms with Gasteiger partial charge in [-0.15, -0.1) is 0 Å². The van der Waals surface area contributed by atoms with Gasteiger partial charge in [0.15, 0.2) is 5.58 Å². The van der Waals surface area contributed by atoms with Crippen LogP contribution in [0.4, 0.5) is 5.69 Å². The first-order valence-electron chi connectivity index (χ1n) is 11.4. The molecule has 0 unspecified atom stereocenters. The molecule has 1 aromatic heterocycles. The first-order valence-corrected chi connectivity index (χ1v) is 12.9. The summed E-state index contributed by atoms with van der Waals surface area (Å²) in [6.45, 7) is 3.86. The summed E-state index contributed by atoms with van der Waals surface area (Å²) < 4.78 is 33.5. The number of hydrogen-bond acceptors (Lipinski definition) is 6. The molecular formula is C26H26N4O4S. The average molecular weight is 491 g/mol. The minimum Gasteiger partial charge on any atom is -0.439 e. The van der Waals surface area contributed by atoms with Gasteiger partial charge in [0, 0.05) is 38.8 Å². The molecule has 1 aliphatic rings. The molecule has 0 spiro atoms. The molecule has 0 bridgehead atoms. The normalized spacial score (nSPS) is 15.3. The Labute approximate surface area is 204 Å². The molecule has 1 saturated heterocycles. The molecule has 1 N–H and O–H groups in total. The number of fused-ring (bicyclic) bond motifs is 1. The van der Waals surface area contributed by atoms with Crippen LogP contribution in [0, 0.1) is 0 Å². The Morgan fingerprint density at radius 2 is 1.66 bits per heavy atom. The first-order chi connectivity index (χ1) is 16.9. The number of oxazole rings is 1. The second-order valence-electron chi connectivity index (χ2n) is 8.54. The first kappa shape index (κ1) is 23.2. The average Bonchev–Trinajstić information content (AvgIpc) is 3.26. The maximum Gasteiger partial charge on any atom is 0.243 e. The van der Waals surface area contributed by atoms with Crippen LogP contribution in [0.1, 0.15) is 12.8 Å². The predicted octanol–water partition coefficient (Wildman–Crippen LogP) is 3.96. The Bertz CT molecular complexity index is 1440. The topological polar surface area (TPSA) is 95.8 Å². The Hall–Kier alpha value is -3.53. The minimum atomic E-state index is -3.60. The van der Waals surface area contributed by atoms with Gasteiger partial charge in [0.25, 0.3) is 0 Å². The second-order valence-corrected chi connectivity index (χ2v) is 10.5. The number of amides is 1. The van der Waals surface area contributed by atoms with Gasteiger partial charge in [-0.1, -0.05) is 36.4 Å². The number of piperazine rings is 1. The molecule has 4 aromatic rings. The number of nitrogens with zero attached hydrogens (tertiary/aromatic N) is 3. The number of aromatic nitrogens is 1. The lowest BCUT2D eigenvalue weighted by Gasteiger charge is -2.33. The molecule has 0 atom stereocenters. The quantitative estimate of drug-likeness (QED) is 0.440. The molecule has 2 heterocycles. The van der Waals surface area contributed by atoms with E-state index in [2.05, 4.69) is 27.3 Å². The van der Waals surface area contributed by atoms with E-state index in [1.54, 1.807) is 12.1 Å². The van der Waals surface area contributed by atoms with Gasteiger partial charge in [-0.2, -0.15) is 4.31 Å². The zero-order valence-electron chi connectivity index (χ0n) is 19.3. The van der Waals surface area contributed by atoms with Crippen molar-refractivity contribution in [3.63, 3.8) is 0 Å². The number of carbonyl (C=O) groups excluding carboxylic acids is 1. The van der Waals surface area contributed by atoms with Gasteiger partial charge in [-0.3, -0.25) is 9.69 Å². The molecule has 9 heteroatoms. The van der Waals surface area contributed by atoms with Crippen LogP contribution in [0.25, 0.3) is 22.2 Å². The van der Waals surface area contributed by atoms with Crippen LogP contribution in [-0.4, -0.2) is 54.7 Å². The minimum absolute atomic E-state index is 0.202. The lowest BCUT2D eigenvalue weighted by Crippen LogP contribution is -2.48. The number of anilines is 1. The SMILES string of the molecule is CC(=O)Nc1ccc(S(=O)(=O)N2CCN(Cc3nc4cc(-c5ccccc5)ccc4o3)CC2)cc1. The van der Waals surface area contributed by atoms with Crippen molar-refractivity contribution >= 4 is 32.7 Å². The summed E-state index contributed by atoms with van der Waals surface area (Å²) in [4.78, 5) is 18.2. The highest BCUT2D eigenvalue weighted by atomic mass is 32.2. The molecule has 35 heavy (non-hydrogen) atoms. The number of nitrogens with one attached hydrogen (secondary N) is 1. The number of rotatable bonds is 6. The molecule has 5 rings (SSSR count). The van der Waals surface area contributed by atoms with Crippen LogP contribution >= 0.6 is 0 Å². The van der Waals surface area contributed by atoms with E-state index >= 15 is 0 Å². The Morgan fingerprint density at radius 3 is 2.34 bits per heavy atom. The molecule has 8 nitrogen and oxygen atoms in total. The number of carbonyl (C=O) groups is 1. The molecule has 1 fully saturated rings. The van der Waals surface area contributed by atoms with Gasteiger partial charge < -0.3 is 9.73 Å². The van der Waals surface area contributed by atoms with Gasteiger partial charge in [-0.05, 0) is 47.5 Å². The van der Waals surface area contributed by atoms with Crippen LogP contribution in [0.5, 0.6) is 0 Å². The standard InChI is InChI=1S/C26H26N4O4S/c1-19(31)27-22-8-10-23(11-9-22)35(32,33)30-15-13-29(14-16-30)18-26-28-24-17-21(7-12-25(24)34-26)20-5-3-2-4-6-20/h2-12,17H,13-16,18H2,1H3,(H,27,31). The third-order valence-electron chi connectivity index (χ3n) is 6.04. The van der Waals surface area contributed by atoms with Crippen LogP contribution in [0.3, 0.4) is 0 Å². The smallest absolute Gasteiger partial charge is 0.243 e. The molecule has 0 saturated carbocycles. The highest BCUT2D eigenvalue weighted by molar-refractivity contribution is 7.89. The van der Waals surface area contributed by atoms with E-state index in [0.717, 1.165) is 22.2 Å². The zero-order chi connectivity index (χ0) is 24.4. The van der Waals surface area contributed by atoms with Crippen molar-refractivity contribution in [1.29, 1.82) is 0 Å². The fourth-order valence-corrected chi connectivity index (χ4v) is 5.66. The largest absolute Gasteiger partial charge is 0.439 e. The van der Waals surface area contributed by atoms with Crippen LogP contribution in [0.2, 0.25) is 0 Å². The summed E-state index contributed by atoms with van der Waals surface area (Å²) in [5, 5.41) is 2.64. The third kappa shape index (κ3) is 5.12. The number of benzene rings is 3. The summed E-state index contributed by atoms with van der Waals surface area (Å²) in [6.07, 6.45) is 0. The summed E-state index contributed by atoms with van der Waals surface area (Å²) in [7, 11) is -3.60. The maximum absolute atomic E-state index is 13.0. The van der Waals surface area contributed by atoms with Gasteiger partial charge in [0.1, 0.15) is 5.52 Å². The summed E-state index contributed by atoms with van der Waals surface area (Å²) in [5.74, 6) is 0.419. The Morgan fingerprint density at radius 1 is 0.943 bits per heavy atom. The van der Waals surface area contributed by atoms with Gasteiger partial charge >= 0.3 is 0 Å². The lowest BCUT2D eigenvalue weighted by molar-refractivity contribution is -0.114. The second kappa shape index (κ2) is 9.61. The van der Waals surface area contributed by atoms with E-state index in [1.807, 2.05) is 36.4 Å². The summed E-state index contributed by atoms with van der Waals surface area (Å²) in [6, 6.07) is 22.4. The molecule has 1 aliphatic heterocycles. The van der Waals surface area contributed by atoms with Crippen molar-refractivity contribution in [2.24, 2.45) is 0 Å². The van der Waals surface area contributed by atoms with Crippen molar-refractivity contribution in [2.45, 2.75) is 18.4 Å². The van der Waals surface area contributed by atoms with E-state index in [9.17, 15) is 13.2 Å². The lowest BCUT2D eigenvalue weighted by atomic mass is 10.1. The van der Waals surface area contributed by atoms with E-state index in [1.165, 1.54) is 23.4 Å². The zero-order valence-corrected chi connectivity index (χ0v) is 20.2. The molecule has 3 aromatic carbocycles. The van der Waals surface area contributed by atoms with E-state index in [0.29, 0.717) is 44.3 Å². The Balaban J connectivity index is 1.22. The van der Waals surface area contributed by atoms with Gasteiger partial charge in [0.2, 0.25) is 21.8 Å². The predicted molar refractivity (Wildman–Crippen MR) is 134 cm³/mol. The third-order valence-corrected chi connectivity index (χ3v) is 7.95. The fourth-order valence-electron chi connectivity index (χ4n) is 4.23. The summed E-state index contributed by atoms with van der Waals surface area (Å²) >= 11 is 0. The number of hydrogen-bond donors (Lipinski definition) is 1. The van der Waals surface area contributed by atoms with Crippen LogP contribution < -0.4 is 5.32 Å². The maximum atomic E-state index is 13.0. The van der Waals surface area contributed by atoms with Gasteiger partial charge in [0.05, 0.1) is 11.4 Å². The highest BCUT2D eigenvalue weighted by Crippen LogP contribution is 2.26. The van der Waals surface area contributed by atoms with E-state index in [-0.39, 0.29) is 10.8 Å². The molecule has 0 radical (unpaired) electrons. The Kier molecular flexibility index (Phi) is 6.38. The monoisotopic (exact) mass is 490 g/mol. The number of sulfonamides is 1. The highest BCUT2D eigenvalue weighted by Gasteiger charge is 2.29. The van der Waals surface area contributed by atoms with Gasteiger partial charge in [-0.25, -0.2) is 13.4 Å². The van der Waals surface area contributed by atoms with Crippen molar-refractivity contribution in [1.82, 2.24) is 14.2 Å². The van der Waals surface area contributed by atoms with Crippen molar-refractivity contribution < 1.29 is 17.6 Å². The molecule has 0 aliphatic carbocycles. The molecular weight excluding hydrogens is 464 g/mol. The van der Waals surface area contributed by atoms with Crippen molar-refractivity contribution in [3.8, 4) is 11.1 Å². The van der Waals surface area contributed by atoms with E-state index < -0.39 is 10.0 Å². The molecule has 1 amide bonds. The summed E-state index contributed by atoms with van der Waals surface area (Å²) in [5.41, 5.74) is 4.33. The molecule has 180 valence electrons. The van der Waals surface area contributed by atoms with E-state index in [4.69, 9.17) is 4.42 Å². The van der Waals surface area contributed by atoms with Crippen molar-refractivity contribution in [3.05, 3.63) is 78.7 Å². The van der Waals surface area contributed by atoms with Crippen LogP contribution in [-0.2, 0) is 21.4 Å². The fraction of sp³-hybridized carbons (Fsp3) is 0.231. The van der Waals surface area contributed by atoms with Crippen molar-refractivity contribution in [2.75, 3.05) is 31.5 Å².